The molecule has 0 saturated carbocycles. The summed E-state index contributed by atoms with van der Waals surface area (Å²) in [6.07, 6.45) is 1.01. The van der Waals surface area contributed by atoms with Crippen molar-refractivity contribution in [2.24, 2.45) is 5.92 Å². The van der Waals surface area contributed by atoms with E-state index in [2.05, 4.69) is 5.32 Å². The number of amides is 2. The second-order valence-electron chi connectivity index (χ2n) is 8.33. The summed E-state index contributed by atoms with van der Waals surface area (Å²) in [6.45, 7) is 5.49. The Hall–Kier alpha value is -2.00. The van der Waals surface area contributed by atoms with E-state index in [-0.39, 0.29) is 24.1 Å². The maximum atomic E-state index is 13.4. The normalized spacial score (nSPS) is 12.4. The number of nitrogens with one attached hydrogen (secondary N) is 1. The zero-order chi connectivity index (χ0) is 25.6. The van der Waals surface area contributed by atoms with Crippen molar-refractivity contribution in [3.8, 4) is 0 Å². The van der Waals surface area contributed by atoms with E-state index in [0.717, 1.165) is 10.6 Å². The highest BCUT2D eigenvalue weighted by Crippen LogP contribution is 2.25. The highest BCUT2D eigenvalue weighted by Gasteiger charge is 2.30. The van der Waals surface area contributed by atoms with Crippen molar-refractivity contribution in [3.63, 3.8) is 0 Å². The minimum absolute atomic E-state index is 0.0320. The van der Waals surface area contributed by atoms with Crippen molar-refractivity contribution in [3.05, 3.63) is 63.1 Å². The lowest BCUT2D eigenvalue weighted by Crippen LogP contribution is -2.51. The molecule has 34 heavy (non-hydrogen) atoms. The van der Waals surface area contributed by atoms with Gasteiger partial charge in [0, 0.05) is 18.1 Å². The van der Waals surface area contributed by atoms with E-state index >= 15 is 0 Å². The number of carbonyl (C=O) groups excluding carboxylic acids is 2. The van der Waals surface area contributed by atoms with Gasteiger partial charge in [0.1, 0.15) is 12.6 Å². The largest absolute Gasteiger partial charge is 0.354 e. The summed E-state index contributed by atoms with van der Waals surface area (Å²) in [6, 6.07) is 10.1. The van der Waals surface area contributed by atoms with Gasteiger partial charge in [0.2, 0.25) is 21.8 Å². The first-order chi connectivity index (χ1) is 15.8. The molecule has 1 unspecified atom stereocenters. The fourth-order valence-corrected chi connectivity index (χ4v) is 4.39. The second kappa shape index (κ2) is 12.1. The van der Waals surface area contributed by atoms with Gasteiger partial charge in [-0.2, -0.15) is 0 Å². The van der Waals surface area contributed by atoms with Crippen LogP contribution in [0.25, 0.3) is 0 Å². The zero-order valence-electron chi connectivity index (χ0n) is 19.4. The van der Waals surface area contributed by atoms with Crippen molar-refractivity contribution in [1.29, 1.82) is 0 Å². The van der Waals surface area contributed by atoms with Crippen LogP contribution >= 0.6 is 34.8 Å². The first-order valence-electron chi connectivity index (χ1n) is 10.5. The van der Waals surface area contributed by atoms with Crippen LogP contribution in [-0.4, -0.2) is 50.5 Å². The Labute approximate surface area is 216 Å². The minimum atomic E-state index is -3.81. The summed E-state index contributed by atoms with van der Waals surface area (Å²) >= 11 is 18.1. The van der Waals surface area contributed by atoms with E-state index in [1.807, 2.05) is 13.8 Å². The number of rotatable bonds is 10. The molecule has 186 valence electrons. The second-order valence-corrected chi connectivity index (χ2v) is 11.5. The number of carbonyl (C=O) groups is 2. The molecule has 0 aliphatic carbocycles. The molecule has 2 aromatic rings. The molecule has 0 aliphatic heterocycles. The van der Waals surface area contributed by atoms with E-state index in [1.54, 1.807) is 25.1 Å². The van der Waals surface area contributed by atoms with E-state index in [1.165, 1.54) is 29.2 Å². The van der Waals surface area contributed by atoms with Gasteiger partial charge < -0.3 is 10.2 Å². The smallest absolute Gasteiger partial charge is 0.244 e. The number of anilines is 1. The molecule has 2 amide bonds. The fraction of sp³-hybridized carbons (Fsp3) is 0.391. The molecule has 0 bridgehead atoms. The zero-order valence-corrected chi connectivity index (χ0v) is 22.5. The summed E-state index contributed by atoms with van der Waals surface area (Å²) in [5.41, 5.74) is 0.926. The number of nitrogens with zero attached hydrogens (tertiary/aromatic N) is 2. The summed E-state index contributed by atoms with van der Waals surface area (Å²) < 4.78 is 26.0. The molecule has 1 atom stereocenters. The van der Waals surface area contributed by atoms with Gasteiger partial charge in [-0.05, 0) is 54.8 Å². The lowest BCUT2D eigenvalue weighted by Gasteiger charge is -2.31. The first-order valence-corrected chi connectivity index (χ1v) is 13.5. The number of hydrogen-bond acceptors (Lipinski definition) is 4. The summed E-state index contributed by atoms with van der Waals surface area (Å²) in [7, 11) is -3.81. The molecule has 0 radical (unpaired) electrons. The Morgan fingerprint density at radius 2 is 1.59 bits per heavy atom. The average Bonchev–Trinajstić information content (AvgIpc) is 2.75. The number of hydrogen-bond donors (Lipinski definition) is 1. The SMILES string of the molecule is CC(C)CNC(=O)C(C)N(Cc1ccc(Cl)c(Cl)c1)C(=O)CN(c1ccc(Cl)cc1)S(C)(=O)=O. The standard InChI is InChI=1S/C23H28Cl3N3O4S/c1-15(2)12-27-23(31)16(3)28(13-17-5-10-20(25)21(26)11-17)22(30)14-29(34(4,32)33)19-8-6-18(24)7-9-19/h5-11,15-16H,12-14H2,1-4H3,(H,27,31). The average molecular weight is 549 g/mol. The van der Waals surface area contributed by atoms with Gasteiger partial charge in [-0.25, -0.2) is 8.42 Å². The van der Waals surface area contributed by atoms with Crippen LogP contribution in [0.3, 0.4) is 0 Å². The highest BCUT2D eigenvalue weighted by molar-refractivity contribution is 7.92. The molecule has 0 fully saturated rings. The molecule has 0 aromatic heterocycles. The molecule has 1 N–H and O–H groups in total. The third-order valence-corrected chi connectivity index (χ3v) is 7.11. The Kier molecular flexibility index (Phi) is 10.1. The monoisotopic (exact) mass is 547 g/mol. The molecule has 11 heteroatoms. The van der Waals surface area contributed by atoms with Crippen LogP contribution in [0.1, 0.15) is 26.3 Å². The Morgan fingerprint density at radius 1 is 0.971 bits per heavy atom. The summed E-state index contributed by atoms with van der Waals surface area (Å²) in [5, 5.41) is 3.92. The van der Waals surface area contributed by atoms with E-state index < -0.39 is 28.5 Å². The molecule has 0 heterocycles. The molecule has 0 aliphatic rings. The van der Waals surface area contributed by atoms with Crippen molar-refractivity contribution in [1.82, 2.24) is 10.2 Å². The predicted molar refractivity (Wildman–Crippen MR) is 138 cm³/mol. The molecular formula is C23H28Cl3N3O4S. The third-order valence-electron chi connectivity index (χ3n) is 4.98. The first kappa shape index (κ1) is 28.2. The van der Waals surface area contributed by atoms with Gasteiger partial charge in [-0.15, -0.1) is 0 Å². The minimum Gasteiger partial charge on any atom is -0.354 e. The van der Waals surface area contributed by atoms with E-state index in [4.69, 9.17) is 34.8 Å². The highest BCUT2D eigenvalue weighted by atomic mass is 35.5. The van der Waals surface area contributed by atoms with Crippen molar-refractivity contribution in [2.75, 3.05) is 23.7 Å². The lowest BCUT2D eigenvalue weighted by molar-refractivity contribution is -0.139. The maximum absolute atomic E-state index is 13.4. The summed E-state index contributed by atoms with van der Waals surface area (Å²) in [5.74, 6) is -0.681. The van der Waals surface area contributed by atoms with Gasteiger partial charge >= 0.3 is 0 Å². The van der Waals surface area contributed by atoms with Gasteiger partial charge in [0.15, 0.2) is 0 Å². The molecular weight excluding hydrogens is 521 g/mol. The van der Waals surface area contributed by atoms with Crippen LogP contribution in [-0.2, 0) is 26.2 Å². The third kappa shape index (κ3) is 8.05. The number of benzene rings is 2. The van der Waals surface area contributed by atoms with Crippen LogP contribution in [0, 0.1) is 5.92 Å². The Morgan fingerprint density at radius 3 is 2.12 bits per heavy atom. The molecule has 2 rings (SSSR count). The van der Waals surface area contributed by atoms with Gasteiger partial charge in [-0.3, -0.25) is 13.9 Å². The quantitative estimate of drug-likeness (QED) is 0.470. The van der Waals surface area contributed by atoms with Crippen LogP contribution in [0.4, 0.5) is 5.69 Å². The summed E-state index contributed by atoms with van der Waals surface area (Å²) in [4.78, 5) is 27.6. The van der Waals surface area contributed by atoms with Crippen molar-refractivity contribution < 1.29 is 18.0 Å². The van der Waals surface area contributed by atoms with Gasteiger partial charge in [0.05, 0.1) is 22.0 Å². The van der Waals surface area contributed by atoms with E-state index in [0.29, 0.717) is 27.2 Å². The van der Waals surface area contributed by atoms with Gasteiger partial charge in [0.25, 0.3) is 0 Å². The number of sulfonamides is 1. The number of halogens is 3. The van der Waals surface area contributed by atoms with Crippen molar-refractivity contribution >= 4 is 62.3 Å². The molecule has 0 saturated heterocycles. The van der Waals surface area contributed by atoms with Crippen LogP contribution in [0.15, 0.2) is 42.5 Å². The lowest BCUT2D eigenvalue weighted by atomic mass is 10.1. The Bertz CT molecular complexity index is 1120. The topological polar surface area (TPSA) is 86.8 Å². The van der Waals surface area contributed by atoms with Crippen LogP contribution in [0.2, 0.25) is 15.1 Å². The fourth-order valence-electron chi connectivity index (χ4n) is 3.09. The molecule has 2 aromatic carbocycles. The van der Waals surface area contributed by atoms with E-state index in [9.17, 15) is 18.0 Å². The van der Waals surface area contributed by atoms with Crippen LogP contribution in [0.5, 0.6) is 0 Å². The van der Waals surface area contributed by atoms with Crippen LogP contribution < -0.4 is 9.62 Å². The maximum Gasteiger partial charge on any atom is 0.244 e. The molecule has 7 nitrogen and oxygen atoms in total. The Balaban J connectivity index is 2.38. The van der Waals surface area contributed by atoms with Crippen molar-refractivity contribution in [2.45, 2.75) is 33.4 Å². The molecule has 0 spiro atoms. The van der Waals surface area contributed by atoms with Gasteiger partial charge in [-0.1, -0.05) is 54.7 Å². The predicted octanol–water partition coefficient (Wildman–Crippen LogP) is 4.60.